The van der Waals surface area contributed by atoms with Gasteiger partial charge in [0.2, 0.25) is 0 Å². The Labute approximate surface area is 91.8 Å². The summed E-state index contributed by atoms with van der Waals surface area (Å²) in [5.41, 5.74) is 2.32. The monoisotopic (exact) mass is 208 g/mol. The van der Waals surface area contributed by atoms with Gasteiger partial charge in [-0.05, 0) is 30.7 Å². The van der Waals surface area contributed by atoms with Crippen molar-refractivity contribution >= 4 is 5.69 Å². The number of nitrogens with one attached hydrogen (secondary N) is 2. The number of hydrogen-bond donors (Lipinski definition) is 2. The molecule has 1 aromatic rings. The molecular formula is C12H20N2O. The van der Waals surface area contributed by atoms with Crippen LogP contribution in [0.25, 0.3) is 0 Å². The molecule has 0 aromatic heterocycles. The topological polar surface area (TPSA) is 33.3 Å². The number of methoxy groups -OCH3 is 1. The van der Waals surface area contributed by atoms with Crippen LogP contribution in [-0.4, -0.2) is 20.8 Å². The normalized spacial score (nSPS) is 10.5. The van der Waals surface area contributed by atoms with Gasteiger partial charge in [-0.1, -0.05) is 19.9 Å². The molecule has 0 aliphatic rings. The molecule has 3 nitrogen and oxygen atoms in total. The number of anilines is 1. The quantitative estimate of drug-likeness (QED) is 0.729. The highest BCUT2D eigenvalue weighted by Crippen LogP contribution is 2.28. The predicted octanol–water partition coefficient (Wildman–Crippen LogP) is 2.41. The summed E-state index contributed by atoms with van der Waals surface area (Å²) in [5.74, 6) is 1.42. The van der Waals surface area contributed by atoms with E-state index in [-0.39, 0.29) is 0 Å². The zero-order valence-corrected chi connectivity index (χ0v) is 9.92. The van der Waals surface area contributed by atoms with Gasteiger partial charge in [0.1, 0.15) is 5.75 Å². The Morgan fingerprint density at radius 1 is 1.33 bits per heavy atom. The van der Waals surface area contributed by atoms with Gasteiger partial charge in [0.05, 0.1) is 19.5 Å². The molecule has 0 spiro atoms. The van der Waals surface area contributed by atoms with Gasteiger partial charge in [0, 0.05) is 0 Å². The lowest BCUT2D eigenvalue weighted by atomic mass is 10.0. The molecular weight excluding hydrogens is 188 g/mol. The SMILES string of the molecule is CNCNc1ccc(C(C)C)cc1OC. The third-order valence-corrected chi connectivity index (χ3v) is 2.35. The van der Waals surface area contributed by atoms with Crippen LogP contribution in [0.1, 0.15) is 25.3 Å². The first kappa shape index (κ1) is 11.9. The van der Waals surface area contributed by atoms with Gasteiger partial charge in [-0.2, -0.15) is 0 Å². The minimum Gasteiger partial charge on any atom is -0.495 e. The van der Waals surface area contributed by atoms with Gasteiger partial charge in [-0.15, -0.1) is 0 Å². The fourth-order valence-electron chi connectivity index (χ4n) is 1.40. The van der Waals surface area contributed by atoms with Crippen molar-refractivity contribution in [2.45, 2.75) is 19.8 Å². The second-order valence-electron chi connectivity index (χ2n) is 3.82. The van der Waals surface area contributed by atoms with E-state index in [2.05, 4.69) is 42.7 Å². The summed E-state index contributed by atoms with van der Waals surface area (Å²) >= 11 is 0. The van der Waals surface area contributed by atoms with E-state index in [4.69, 9.17) is 4.74 Å². The van der Waals surface area contributed by atoms with Gasteiger partial charge in [0.25, 0.3) is 0 Å². The Balaban J connectivity index is 2.88. The predicted molar refractivity (Wildman–Crippen MR) is 64.6 cm³/mol. The number of rotatable bonds is 5. The van der Waals surface area contributed by atoms with E-state index in [9.17, 15) is 0 Å². The molecule has 0 atom stereocenters. The van der Waals surface area contributed by atoms with Crippen molar-refractivity contribution < 1.29 is 4.74 Å². The van der Waals surface area contributed by atoms with Crippen LogP contribution in [0.4, 0.5) is 5.69 Å². The number of benzene rings is 1. The maximum atomic E-state index is 5.34. The first-order valence-corrected chi connectivity index (χ1v) is 5.25. The second kappa shape index (κ2) is 5.61. The van der Waals surface area contributed by atoms with Gasteiger partial charge < -0.3 is 15.4 Å². The minimum absolute atomic E-state index is 0.525. The van der Waals surface area contributed by atoms with E-state index in [0.29, 0.717) is 5.92 Å². The van der Waals surface area contributed by atoms with E-state index in [0.717, 1.165) is 18.1 Å². The average molecular weight is 208 g/mol. The smallest absolute Gasteiger partial charge is 0.142 e. The van der Waals surface area contributed by atoms with E-state index in [1.165, 1.54) is 5.56 Å². The van der Waals surface area contributed by atoms with E-state index >= 15 is 0 Å². The molecule has 0 saturated carbocycles. The van der Waals surface area contributed by atoms with Gasteiger partial charge in [-0.25, -0.2) is 0 Å². The lowest BCUT2D eigenvalue weighted by Gasteiger charge is -2.13. The molecule has 0 aliphatic heterocycles. The fourth-order valence-corrected chi connectivity index (χ4v) is 1.40. The fraction of sp³-hybridized carbons (Fsp3) is 0.500. The molecule has 0 amide bonds. The average Bonchev–Trinajstić information content (AvgIpc) is 2.25. The summed E-state index contributed by atoms with van der Waals surface area (Å²) in [7, 11) is 3.60. The summed E-state index contributed by atoms with van der Waals surface area (Å²) in [6.07, 6.45) is 0. The highest BCUT2D eigenvalue weighted by atomic mass is 16.5. The molecule has 84 valence electrons. The van der Waals surface area contributed by atoms with Crippen molar-refractivity contribution in [3.8, 4) is 5.75 Å². The minimum atomic E-state index is 0.525. The highest BCUT2D eigenvalue weighted by molar-refractivity contribution is 5.58. The lowest BCUT2D eigenvalue weighted by Crippen LogP contribution is -2.17. The van der Waals surface area contributed by atoms with Crippen molar-refractivity contribution in [1.82, 2.24) is 5.32 Å². The van der Waals surface area contributed by atoms with Crippen LogP contribution in [0, 0.1) is 0 Å². The molecule has 1 rings (SSSR count). The summed E-state index contributed by atoms with van der Waals surface area (Å²) in [4.78, 5) is 0. The van der Waals surface area contributed by atoms with Crippen LogP contribution in [0.5, 0.6) is 5.75 Å². The van der Waals surface area contributed by atoms with E-state index in [1.54, 1.807) is 7.11 Å². The van der Waals surface area contributed by atoms with Crippen LogP contribution < -0.4 is 15.4 Å². The summed E-state index contributed by atoms with van der Waals surface area (Å²) < 4.78 is 5.34. The van der Waals surface area contributed by atoms with Crippen LogP contribution in [0.15, 0.2) is 18.2 Å². The maximum Gasteiger partial charge on any atom is 0.142 e. The van der Waals surface area contributed by atoms with Crippen molar-refractivity contribution in [3.05, 3.63) is 23.8 Å². The third kappa shape index (κ3) is 3.13. The van der Waals surface area contributed by atoms with Gasteiger partial charge >= 0.3 is 0 Å². The van der Waals surface area contributed by atoms with Crippen molar-refractivity contribution in [1.29, 1.82) is 0 Å². The molecule has 15 heavy (non-hydrogen) atoms. The molecule has 0 fully saturated rings. The molecule has 0 heterocycles. The summed E-state index contributed by atoms with van der Waals surface area (Å²) in [6, 6.07) is 6.28. The van der Waals surface area contributed by atoms with E-state index in [1.807, 2.05) is 7.05 Å². The summed E-state index contributed by atoms with van der Waals surface area (Å²) in [5, 5.41) is 6.28. The molecule has 0 aliphatic carbocycles. The van der Waals surface area contributed by atoms with Crippen molar-refractivity contribution in [2.75, 3.05) is 26.1 Å². The Bertz CT molecular complexity index is 310. The largest absolute Gasteiger partial charge is 0.495 e. The van der Waals surface area contributed by atoms with Crippen LogP contribution in [0.3, 0.4) is 0 Å². The van der Waals surface area contributed by atoms with Crippen molar-refractivity contribution in [3.63, 3.8) is 0 Å². The molecule has 0 unspecified atom stereocenters. The molecule has 0 bridgehead atoms. The highest BCUT2D eigenvalue weighted by Gasteiger charge is 2.05. The van der Waals surface area contributed by atoms with Gasteiger partial charge in [0.15, 0.2) is 0 Å². The lowest BCUT2D eigenvalue weighted by molar-refractivity contribution is 0.415. The Morgan fingerprint density at radius 3 is 2.60 bits per heavy atom. The number of ether oxygens (including phenoxy) is 1. The zero-order chi connectivity index (χ0) is 11.3. The van der Waals surface area contributed by atoms with Crippen LogP contribution >= 0.6 is 0 Å². The molecule has 1 aromatic carbocycles. The van der Waals surface area contributed by atoms with Crippen molar-refractivity contribution in [2.24, 2.45) is 0 Å². The first-order valence-electron chi connectivity index (χ1n) is 5.25. The standard InChI is InChI=1S/C12H20N2O/c1-9(2)10-5-6-11(14-8-13-3)12(7-10)15-4/h5-7,9,13-14H,8H2,1-4H3. The van der Waals surface area contributed by atoms with E-state index < -0.39 is 0 Å². The molecule has 0 radical (unpaired) electrons. The molecule has 3 heteroatoms. The first-order chi connectivity index (χ1) is 7.19. The number of hydrogen-bond acceptors (Lipinski definition) is 3. The maximum absolute atomic E-state index is 5.34. The zero-order valence-electron chi connectivity index (χ0n) is 9.92. The second-order valence-corrected chi connectivity index (χ2v) is 3.82. The van der Waals surface area contributed by atoms with Crippen LogP contribution in [0.2, 0.25) is 0 Å². The third-order valence-electron chi connectivity index (χ3n) is 2.35. The van der Waals surface area contributed by atoms with Gasteiger partial charge in [-0.3, -0.25) is 0 Å². The molecule has 0 saturated heterocycles. The Hall–Kier alpha value is -1.22. The van der Waals surface area contributed by atoms with Crippen LogP contribution in [-0.2, 0) is 0 Å². The Kier molecular flexibility index (Phi) is 4.43. The Morgan fingerprint density at radius 2 is 2.07 bits per heavy atom. The molecule has 2 N–H and O–H groups in total. The summed E-state index contributed by atoms with van der Waals surface area (Å²) in [6.45, 7) is 5.09.